The van der Waals surface area contributed by atoms with Gasteiger partial charge in [0, 0.05) is 17.6 Å². The lowest BCUT2D eigenvalue weighted by Gasteiger charge is -2.51. The third-order valence-electron chi connectivity index (χ3n) is 6.93. The molecule has 3 aliphatic heterocycles. The summed E-state index contributed by atoms with van der Waals surface area (Å²) in [6.45, 7) is 4.77. The van der Waals surface area contributed by atoms with Gasteiger partial charge in [0.2, 0.25) is 0 Å². The van der Waals surface area contributed by atoms with Crippen molar-refractivity contribution in [3.63, 3.8) is 0 Å². The van der Waals surface area contributed by atoms with Gasteiger partial charge in [0.1, 0.15) is 6.23 Å². The van der Waals surface area contributed by atoms with E-state index in [2.05, 4.69) is 40.7 Å². The summed E-state index contributed by atoms with van der Waals surface area (Å²) in [6, 6.07) is 9.22. The second kappa shape index (κ2) is 4.84. The van der Waals surface area contributed by atoms with Crippen LogP contribution in [0.25, 0.3) is 10.9 Å². The monoisotopic (exact) mass is 310 g/mol. The number of fused-ring (bicyclic) bond motifs is 3. The van der Waals surface area contributed by atoms with Crippen LogP contribution in [-0.2, 0) is 6.42 Å². The molecule has 3 heteroatoms. The minimum Gasteiger partial charge on any atom is -0.373 e. The highest BCUT2D eigenvalue weighted by atomic mass is 16.3. The Hall–Kier alpha value is -1.32. The van der Waals surface area contributed by atoms with Crippen LogP contribution in [0.5, 0.6) is 0 Å². The summed E-state index contributed by atoms with van der Waals surface area (Å²) in [5.41, 5.74) is 4.56. The maximum absolute atomic E-state index is 11.0. The Labute approximate surface area is 137 Å². The molecule has 2 aromatic rings. The first kappa shape index (κ1) is 14.1. The van der Waals surface area contributed by atoms with Crippen molar-refractivity contribution < 1.29 is 5.11 Å². The largest absolute Gasteiger partial charge is 0.373 e. The van der Waals surface area contributed by atoms with Gasteiger partial charge in [-0.25, -0.2) is 0 Å². The smallest absolute Gasteiger partial charge is 0.131 e. The number of piperidine rings is 1. The van der Waals surface area contributed by atoms with E-state index in [9.17, 15) is 5.11 Å². The number of aromatic nitrogens is 1. The lowest BCUT2D eigenvalue weighted by atomic mass is 9.66. The van der Waals surface area contributed by atoms with Crippen molar-refractivity contribution in [2.24, 2.45) is 5.41 Å². The number of hydrogen-bond acceptors (Lipinski definition) is 2. The second-order valence-corrected chi connectivity index (χ2v) is 7.78. The zero-order chi connectivity index (χ0) is 15.6. The number of benzene rings is 1. The Kier molecular flexibility index (Phi) is 2.96. The molecular formula is C20H26N2O. The van der Waals surface area contributed by atoms with E-state index in [4.69, 9.17) is 0 Å². The molecule has 0 spiro atoms. The van der Waals surface area contributed by atoms with E-state index in [1.165, 1.54) is 54.5 Å². The Bertz CT molecular complexity index is 764. The first-order valence-corrected chi connectivity index (χ1v) is 9.29. The Morgan fingerprint density at radius 3 is 2.96 bits per heavy atom. The number of aliphatic hydroxyl groups is 1. The summed E-state index contributed by atoms with van der Waals surface area (Å²) in [5.74, 6) is 0. The molecule has 0 saturated carbocycles. The van der Waals surface area contributed by atoms with Crippen LogP contribution in [0.15, 0.2) is 24.3 Å². The van der Waals surface area contributed by atoms with Gasteiger partial charge in [0.05, 0.1) is 11.6 Å². The second-order valence-electron chi connectivity index (χ2n) is 7.78. The van der Waals surface area contributed by atoms with E-state index in [0.29, 0.717) is 11.5 Å². The molecule has 23 heavy (non-hydrogen) atoms. The minimum atomic E-state index is -0.363. The number of nitrogens with zero attached hydrogens (tertiary/aromatic N) is 2. The lowest BCUT2D eigenvalue weighted by molar-refractivity contribution is -0.00638. The Morgan fingerprint density at radius 1 is 1.22 bits per heavy atom. The third-order valence-corrected chi connectivity index (χ3v) is 6.93. The summed E-state index contributed by atoms with van der Waals surface area (Å²) in [6.07, 6.45) is 6.67. The minimum absolute atomic E-state index is 0.358. The normalized spacial score (nSPS) is 33.5. The van der Waals surface area contributed by atoms with E-state index in [0.717, 1.165) is 19.3 Å². The summed E-state index contributed by atoms with van der Waals surface area (Å²) < 4.78 is 2.30. The SMILES string of the molecule is CC[C@]12CCCN3CCc4c(n(c5ccccc45)[C@@H](O)CC1)[C@@H]32. The molecule has 0 amide bonds. The van der Waals surface area contributed by atoms with E-state index in [1.54, 1.807) is 0 Å². The van der Waals surface area contributed by atoms with Crippen molar-refractivity contribution in [1.82, 2.24) is 9.47 Å². The van der Waals surface area contributed by atoms with Gasteiger partial charge in [-0.05, 0) is 62.1 Å². The molecule has 122 valence electrons. The first-order chi connectivity index (χ1) is 11.2. The molecule has 0 bridgehead atoms. The molecule has 0 radical (unpaired) electrons. The standard InChI is InChI=1S/C20H26N2O/c1-2-20-10-5-12-21-13-9-15-14-6-3-4-7-16(14)22(17(23)8-11-20)18(15)19(20)21/h3-4,6-7,17,19,23H,2,5,8-13H2,1H3/t17-,19+,20-/m0/s1. The van der Waals surface area contributed by atoms with Crippen LogP contribution in [0, 0.1) is 5.41 Å². The molecule has 3 atom stereocenters. The van der Waals surface area contributed by atoms with Gasteiger partial charge < -0.3 is 9.67 Å². The van der Waals surface area contributed by atoms with Crippen molar-refractivity contribution in [2.45, 2.75) is 57.7 Å². The molecule has 0 unspecified atom stereocenters. The molecule has 3 aliphatic rings. The fourth-order valence-electron chi connectivity index (χ4n) is 5.83. The van der Waals surface area contributed by atoms with Crippen molar-refractivity contribution in [1.29, 1.82) is 0 Å². The van der Waals surface area contributed by atoms with Crippen molar-refractivity contribution in [3.05, 3.63) is 35.5 Å². The van der Waals surface area contributed by atoms with Crippen LogP contribution in [0.2, 0.25) is 0 Å². The molecule has 5 rings (SSSR count). The van der Waals surface area contributed by atoms with E-state index in [-0.39, 0.29) is 6.23 Å². The summed E-state index contributed by atoms with van der Waals surface area (Å²) in [4.78, 5) is 2.72. The maximum atomic E-state index is 11.0. The van der Waals surface area contributed by atoms with Gasteiger partial charge in [-0.1, -0.05) is 25.1 Å². The zero-order valence-electron chi connectivity index (χ0n) is 14.0. The highest BCUT2D eigenvalue weighted by Gasteiger charge is 2.50. The number of rotatable bonds is 1. The average Bonchev–Trinajstić information content (AvgIpc) is 2.87. The first-order valence-electron chi connectivity index (χ1n) is 9.29. The summed E-state index contributed by atoms with van der Waals surface area (Å²) in [5, 5.41) is 12.3. The summed E-state index contributed by atoms with van der Waals surface area (Å²) >= 11 is 0. The maximum Gasteiger partial charge on any atom is 0.131 e. The predicted molar refractivity (Wildman–Crippen MR) is 92.4 cm³/mol. The third kappa shape index (κ3) is 1.72. The lowest BCUT2D eigenvalue weighted by Crippen LogP contribution is -2.49. The highest BCUT2D eigenvalue weighted by Crippen LogP contribution is 2.57. The van der Waals surface area contributed by atoms with Gasteiger partial charge in [-0.15, -0.1) is 0 Å². The molecule has 1 N–H and O–H groups in total. The fourth-order valence-corrected chi connectivity index (χ4v) is 5.83. The summed E-state index contributed by atoms with van der Waals surface area (Å²) in [7, 11) is 0. The van der Waals surface area contributed by atoms with Gasteiger partial charge in [0.25, 0.3) is 0 Å². The molecule has 0 aliphatic carbocycles. The topological polar surface area (TPSA) is 28.4 Å². The molecule has 1 saturated heterocycles. The van der Waals surface area contributed by atoms with Crippen molar-refractivity contribution in [2.75, 3.05) is 13.1 Å². The van der Waals surface area contributed by atoms with Crippen LogP contribution in [-0.4, -0.2) is 27.7 Å². The average molecular weight is 310 g/mol. The van der Waals surface area contributed by atoms with Crippen molar-refractivity contribution >= 4 is 10.9 Å². The molecule has 4 heterocycles. The predicted octanol–water partition coefficient (Wildman–Crippen LogP) is 4.02. The molecule has 1 aromatic carbocycles. The fraction of sp³-hybridized carbons (Fsp3) is 0.600. The van der Waals surface area contributed by atoms with Gasteiger partial charge >= 0.3 is 0 Å². The molecular weight excluding hydrogens is 284 g/mol. The van der Waals surface area contributed by atoms with E-state index < -0.39 is 0 Å². The van der Waals surface area contributed by atoms with Crippen LogP contribution < -0.4 is 0 Å². The Balaban J connectivity index is 1.85. The number of para-hydroxylation sites is 1. The zero-order valence-corrected chi connectivity index (χ0v) is 14.0. The van der Waals surface area contributed by atoms with E-state index >= 15 is 0 Å². The quantitative estimate of drug-likeness (QED) is 0.862. The molecule has 3 nitrogen and oxygen atoms in total. The van der Waals surface area contributed by atoms with Crippen LogP contribution >= 0.6 is 0 Å². The van der Waals surface area contributed by atoms with Crippen LogP contribution in [0.1, 0.15) is 62.6 Å². The van der Waals surface area contributed by atoms with E-state index in [1.807, 2.05) is 0 Å². The molecule has 1 fully saturated rings. The van der Waals surface area contributed by atoms with Crippen LogP contribution in [0.4, 0.5) is 0 Å². The Morgan fingerprint density at radius 2 is 2.09 bits per heavy atom. The van der Waals surface area contributed by atoms with Gasteiger partial charge in [-0.2, -0.15) is 0 Å². The van der Waals surface area contributed by atoms with Gasteiger partial charge in [-0.3, -0.25) is 4.90 Å². The van der Waals surface area contributed by atoms with Gasteiger partial charge in [0.15, 0.2) is 0 Å². The molecule has 1 aromatic heterocycles. The number of hydrogen-bond donors (Lipinski definition) is 1. The van der Waals surface area contributed by atoms with Crippen molar-refractivity contribution in [3.8, 4) is 0 Å². The number of aliphatic hydroxyl groups excluding tert-OH is 1. The van der Waals surface area contributed by atoms with Crippen LogP contribution in [0.3, 0.4) is 0 Å². The highest BCUT2D eigenvalue weighted by molar-refractivity contribution is 5.86.